The van der Waals surface area contributed by atoms with Gasteiger partial charge in [-0.1, -0.05) is 41.9 Å². The molecule has 3 aromatic carbocycles. The van der Waals surface area contributed by atoms with E-state index in [1.54, 1.807) is 60.7 Å². The minimum absolute atomic E-state index is 0.0624. The summed E-state index contributed by atoms with van der Waals surface area (Å²) >= 11 is 6.02. The van der Waals surface area contributed by atoms with Crippen LogP contribution in [0.3, 0.4) is 0 Å². The molecule has 0 saturated heterocycles. The van der Waals surface area contributed by atoms with Gasteiger partial charge in [0.05, 0.1) is 23.6 Å². The third kappa shape index (κ3) is 5.05. The molecule has 3 aromatic rings. The number of halogens is 1. The Hall–Kier alpha value is -4.48. The molecule has 0 amide bonds. The predicted molar refractivity (Wildman–Crippen MR) is 126 cm³/mol. The van der Waals surface area contributed by atoms with Gasteiger partial charge in [-0.05, 0) is 35.9 Å². The maximum absolute atomic E-state index is 12.3. The Labute approximate surface area is 206 Å². The summed E-state index contributed by atoms with van der Waals surface area (Å²) in [5.74, 6) is -0.800. The molecule has 4 rings (SSSR count). The van der Waals surface area contributed by atoms with Crippen LogP contribution >= 0.6 is 11.6 Å². The van der Waals surface area contributed by atoms with Crippen molar-refractivity contribution in [2.24, 2.45) is 5.73 Å². The zero-order valence-corrected chi connectivity index (χ0v) is 19.2. The minimum atomic E-state index is -0.642. The number of ether oxygens (including phenoxy) is 4. The number of nitrogens with two attached hydrogens (primary N) is 1. The Morgan fingerprint density at radius 1 is 1.11 bits per heavy atom. The van der Waals surface area contributed by atoms with Crippen molar-refractivity contribution in [3.8, 4) is 23.3 Å². The third-order valence-corrected chi connectivity index (χ3v) is 5.58. The van der Waals surface area contributed by atoms with Crippen LogP contribution in [0, 0.1) is 11.3 Å². The van der Waals surface area contributed by atoms with E-state index in [4.69, 9.17) is 36.3 Å². The fourth-order valence-electron chi connectivity index (χ4n) is 3.63. The first-order valence-corrected chi connectivity index (χ1v) is 10.8. The van der Waals surface area contributed by atoms with E-state index >= 15 is 0 Å². The van der Waals surface area contributed by atoms with Crippen LogP contribution < -0.4 is 19.9 Å². The SMILES string of the molecule is COC(=O)c1ccc(C2C(C#N)=C(N)Oc3cc(OC(=O)COc4ccccc4Cl)ccc32)cc1. The lowest BCUT2D eigenvalue weighted by molar-refractivity contribution is -0.136. The molecule has 35 heavy (non-hydrogen) atoms. The molecule has 0 aliphatic carbocycles. The van der Waals surface area contributed by atoms with Crippen molar-refractivity contribution < 1.29 is 28.5 Å². The van der Waals surface area contributed by atoms with Crippen molar-refractivity contribution >= 4 is 23.5 Å². The lowest BCUT2D eigenvalue weighted by Crippen LogP contribution is -2.22. The summed E-state index contributed by atoms with van der Waals surface area (Å²) in [4.78, 5) is 24.0. The van der Waals surface area contributed by atoms with Crippen LogP contribution in [0.2, 0.25) is 5.02 Å². The fraction of sp³-hybridized carbons (Fsp3) is 0.115. The molecule has 0 saturated carbocycles. The Morgan fingerprint density at radius 3 is 2.54 bits per heavy atom. The monoisotopic (exact) mass is 490 g/mol. The van der Waals surface area contributed by atoms with Gasteiger partial charge in [0.25, 0.3) is 0 Å². The second-order valence-corrected chi connectivity index (χ2v) is 7.84. The lowest BCUT2D eigenvalue weighted by atomic mass is 9.83. The molecule has 1 unspecified atom stereocenters. The average molecular weight is 491 g/mol. The summed E-state index contributed by atoms with van der Waals surface area (Å²) in [7, 11) is 1.30. The standard InChI is InChI=1S/C26H19ClN2O6/c1-32-26(31)16-8-6-15(7-9-16)24-18-11-10-17(12-22(18)35-25(29)19(24)13-28)34-23(30)14-33-21-5-3-2-4-20(21)27/h2-12,24H,14,29H2,1H3. The average Bonchev–Trinajstić information content (AvgIpc) is 2.87. The Balaban J connectivity index is 1.56. The summed E-state index contributed by atoms with van der Waals surface area (Å²) in [5, 5.41) is 10.1. The quantitative estimate of drug-likeness (QED) is 0.400. The van der Waals surface area contributed by atoms with E-state index in [0.29, 0.717) is 27.6 Å². The molecule has 0 radical (unpaired) electrons. The van der Waals surface area contributed by atoms with Crippen LogP contribution in [-0.4, -0.2) is 25.7 Å². The Morgan fingerprint density at radius 2 is 1.86 bits per heavy atom. The van der Waals surface area contributed by atoms with E-state index in [2.05, 4.69) is 6.07 Å². The number of esters is 2. The van der Waals surface area contributed by atoms with Gasteiger partial charge in [0.2, 0.25) is 5.88 Å². The van der Waals surface area contributed by atoms with Crippen molar-refractivity contribution in [2.45, 2.75) is 5.92 Å². The highest BCUT2D eigenvalue weighted by Gasteiger charge is 2.31. The van der Waals surface area contributed by atoms with Gasteiger partial charge in [-0.2, -0.15) is 5.26 Å². The van der Waals surface area contributed by atoms with Crippen LogP contribution in [-0.2, 0) is 9.53 Å². The van der Waals surface area contributed by atoms with Gasteiger partial charge in [0, 0.05) is 11.6 Å². The number of para-hydroxylation sites is 1. The van der Waals surface area contributed by atoms with Crippen molar-refractivity contribution in [3.05, 3.63) is 99.9 Å². The largest absolute Gasteiger partial charge is 0.480 e. The molecular formula is C26H19ClN2O6. The van der Waals surface area contributed by atoms with Gasteiger partial charge in [0.15, 0.2) is 6.61 Å². The van der Waals surface area contributed by atoms with E-state index in [9.17, 15) is 14.9 Å². The van der Waals surface area contributed by atoms with Crippen molar-refractivity contribution in [2.75, 3.05) is 13.7 Å². The van der Waals surface area contributed by atoms with Gasteiger partial charge >= 0.3 is 11.9 Å². The smallest absolute Gasteiger partial charge is 0.349 e. The molecule has 2 N–H and O–H groups in total. The van der Waals surface area contributed by atoms with Crippen LogP contribution in [0.25, 0.3) is 0 Å². The van der Waals surface area contributed by atoms with E-state index in [0.717, 1.165) is 5.56 Å². The van der Waals surface area contributed by atoms with Crippen LogP contribution in [0.1, 0.15) is 27.4 Å². The highest BCUT2D eigenvalue weighted by Crippen LogP contribution is 2.43. The van der Waals surface area contributed by atoms with Crippen molar-refractivity contribution in [3.63, 3.8) is 0 Å². The number of benzene rings is 3. The molecule has 1 aliphatic heterocycles. The van der Waals surface area contributed by atoms with Gasteiger partial charge in [-0.25, -0.2) is 9.59 Å². The second kappa shape index (κ2) is 10.2. The minimum Gasteiger partial charge on any atom is -0.480 e. The number of carbonyl (C=O) groups excluding carboxylic acids is 2. The first-order valence-electron chi connectivity index (χ1n) is 10.4. The maximum atomic E-state index is 12.3. The number of rotatable bonds is 6. The molecule has 9 heteroatoms. The molecule has 1 atom stereocenters. The van der Waals surface area contributed by atoms with Crippen molar-refractivity contribution in [1.82, 2.24) is 0 Å². The lowest BCUT2D eigenvalue weighted by Gasteiger charge is -2.26. The third-order valence-electron chi connectivity index (χ3n) is 5.27. The molecule has 0 aromatic heterocycles. The zero-order valence-electron chi connectivity index (χ0n) is 18.5. The molecule has 8 nitrogen and oxygen atoms in total. The summed E-state index contributed by atoms with van der Waals surface area (Å²) in [6.45, 7) is -0.350. The summed E-state index contributed by atoms with van der Waals surface area (Å²) < 4.78 is 21.2. The number of nitriles is 1. The predicted octanol–water partition coefficient (Wildman–Crippen LogP) is 4.33. The highest BCUT2D eigenvalue weighted by molar-refractivity contribution is 6.32. The number of hydrogen-bond acceptors (Lipinski definition) is 8. The molecule has 0 fully saturated rings. The van der Waals surface area contributed by atoms with Crippen LogP contribution in [0.4, 0.5) is 0 Å². The van der Waals surface area contributed by atoms with E-state index in [-0.39, 0.29) is 23.8 Å². The molecular weight excluding hydrogens is 472 g/mol. The van der Waals surface area contributed by atoms with Gasteiger partial charge in [0.1, 0.15) is 28.9 Å². The molecule has 1 aliphatic rings. The van der Waals surface area contributed by atoms with E-state index in [1.807, 2.05) is 0 Å². The Kier molecular flexibility index (Phi) is 6.90. The van der Waals surface area contributed by atoms with E-state index in [1.165, 1.54) is 13.2 Å². The number of hydrogen-bond donors (Lipinski definition) is 1. The molecule has 0 spiro atoms. The number of allylic oxidation sites excluding steroid dienone is 1. The summed E-state index contributed by atoms with van der Waals surface area (Å²) in [6, 6.07) is 20.3. The second-order valence-electron chi connectivity index (χ2n) is 7.43. The first kappa shape index (κ1) is 23.7. The van der Waals surface area contributed by atoms with Crippen molar-refractivity contribution in [1.29, 1.82) is 5.26 Å². The van der Waals surface area contributed by atoms with Crippen LogP contribution in [0.5, 0.6) is 17.2 Å². The molecule has 0 bridgehead atoms. The van der Waals surface area contributed by atoms with E-state index < -0.39 is 17.9 Å². The summed E-state index contributed by atoms with van der Waals surface area (Å²) in [6.07, 6.45) is 0. The first-order chi connectivity index (χ1) is 16.9. The number of nitrogens with zero attached hydrogens (tertiary/aromatic N) is 1. The number of fused-ring (bicyclic) bond motifs is 1. The number of carbonyl (C=O) groups is 2. The summed E-state index contributed by atoms with van der Waals surface area (Å²) in [5.41, 5.74) is 8.00. The molecule has 176 valence electrons. The van der Waals surface area contributed by atoms with Gasteiger partial charge in [-0.3, -0.25) is 0 Å². The normalized spacial score (nSPS) is 14.3. The topological polar surface area (TPSA) is 121 Å². The van der Waals surface area contributed by atoms with Crippen LogP contribution in [0.15, 0.2) is 78.2 Å². The Bertz CT molecular complexity index is 1360. The fourth-order valence-corrected chi connectivity index (χ4v) is 3.82. The van der Waals surface area contributed by atoms with Gasteiger partial charge < -0.3 is 24.7 Å². The number of methoxy groups -OCH3 is 1. The highest BCUT2D eigenvalue weighted by atomic mass is 35.5. The maximum Gasteiger partial charge on any atom is 0.349 e. The zero-order chi connectivity index (χ0) is 24.9. The molecule has 1 heterocycles. The van der Waals surface area contributed by atoms with Gasteiger partial charge in [-0.15, -0.1) is 0 Å².